The molecular formula is C11H14BrFN2. The summed E-state index contributed by atoms with van der Waals surface area (Å²) >= 11 is 3.23. The van der Waals surface area contributed by atoms with E-state index in [1.807, 2.05) is 33.9 Å². The van der Waals surface area contributed by atoms with Crippen molar-refractivity contribution in [3.05, 3.63) is 28.1 Å². The van der Waals surface area contributed by atoms with Crippen molar-refractivity contribution in [3.63, 3.8) is 0 Å². The van der Waals surface area contributed by atoms with Crippen molar-refractivity contribution < 1.29 is 4.39 Å². The number of fused-ring (bicyclic) bond motifs is 1. The normalized spacial score (nSPS) is 10.0. The molecule has 0 spiro atoms. The van der Waals surface area contributed by atoms with Gasteiger partial charge in [-0.2, -0.15) is 5.10 Å². The highest BCUT2D eigenvalue weighted by molar-refractivity contribution is 9.10. The molecule has 0 aliphatic carbocycles. The summed E-state index contributed by atoms with van der Waals surface area (Å²) in [7, 11) is 1.81. The first kappa shape index (κ1) is 12.2. The molecule has 0 atom stereocenters. The summed E-state index contributed by atoms with van der Waals surface area (Å²) in [5.74, 6) is -0.227. The Hall–Kier alpha value is -0.900. The number of aromatic nitrogens is 2. The fourth-order valence-corrected chi connectivity index (χ4v) is 1.81. The smallest absolute Gasteiger partial charge is 0.135 e. The third kappa shape index (κ3) is 2.20. The minimum atomic E-state index is -0.227. The Morgan fingerprint density at radius 2 is 1.93 bits per heavy atom. The van der Waals surface area contributed by atoms with E-state index in [2.05, 4.69) is 21.0 Å². The summed E-state index contributed by atoms with van der Waals surface area (Å²) in [6.45, 7) is 5.85. The highest BCUT2D eigenvalue weighted by Gasteiger charge is 2.10. The molecule has 0 unspecified atom stereocenters. The SMILES string of the molecule is CC.Cc1c2c(F)cc(Br)cc2nn1C. The van der Waals surface area contributed by atoms with E-state index < -0.39 is 0 Å². The first-order chi connectivity index (χ1) is 7.09. The molecule has 0 bridgehead atoms. The van der Waals surface area contributed by atoms with Crippen molar-refractivity contribution in [2.45, 2.75) is 20.8 Å². The van der Waals surface area contributed by atoms with Crippen molar-refractivity contribution in [1.82, 2.24) is 9.78 Å². The third-order valence-corrected chi connectivity index (χ3v) is 2.60. The van der Waals surface area contributed by atoms with Gasteiger partial charge in [-0.3, -0.25) is 4.68 Å². The molecule has 2 rings (SSSR count). The minimum Gasteiger partial charge on any atom is -0.272 e. The second-order valence-corrected chi connectivity index (χ2v) is 3.91. The minimum absolute atomic E-state index is 0.227. The summed E-state index contributed by atoms with van der Waals surface area (Å²) < 4.78 is 15.8. The van der Waals surface area contributed by atoms with Crippen molar-refractivity contribution in [1.29, 1.82) is 0 Å². The van der Waals surface area contributed by atoms with Gasteiger partial charge in [0.15, 0.2) is 0 Å². The van der Waals surface area contributed by atoms with E-state index in [1.165, 1.54) is 6.07 Å². The van der Waals surface area contributed by atoms with E-state index in [9.17, 15) is 4.39 Å². The highest BCUT2D eigenvalue weighted by atomic mass is 79.9. The van der Waals surface area contributed by atoms with Gasteiger partial charge in [-0.25, -0.2) is 4.39 Å². The summed E-state index contributed by atoms with van der Waals surface area (Å²) in [6, 6.07) is 3.27. The zero-order valence-corrected chi connectivity index (χ0v) is 10.9. The van der Waals surface area contributed by atoms with Gasteiger partial charge in [0.1, 0.15) is 5.82 Å². The van der Waals surface area contributed by atoms with E-state index in [-0.39, 0.29) is 5.82 Å². The monoisotopic (exact) mass is 272 g/mol. The molecule has 0 amide bonds. The second-order valence-electron chi connectivity index (χ2n) is 2.99. The number of aryl methyl sites for hydroxylation is 2. The van der Waals surface area contributed by atoms with Crippen molar-refractivity contribution in [3.8, 4) is 0 Å². The van der Waals surface area contributed by atoms with Crippen LogP contribution in [0.5, 0.6) is 0 Å². The molecule has 0 fully saturated rings. The van der Waals surface area contributed by atoms with E-state index >= 15 is 0 Å². The molecule has 82 valence electrons. The molecule has 0 aliphatic heterocycles. The van der Waals surface area contributed by atoms with Crippen LogP contribution in [0.1, 0.15) is 19.5 Å². The quantitative estimate of drug-likeness (QED) is 0.713. The van der Waals surface area contributed by atoms with E-state index in [0.717, 1.165) is 10.2 Å². The molecule has 1 heterocycles. The van der Waals surface area contributed by atoms with Gasteiger partial charge in [0.25, 0.3) is 0 Å². The first-order valence-electron chi connectivity index (χ1n) is 4.88. The van der Waals surface area contributed by atoms with Crippen LogP contribution in [-0.2, 0) is 7.05 Å². The molecule has 1 aromatic heterocycles. The number of halogens is 2. The maximum atomic E-state index is 13.4. The van der Waals surface area contributed by atoms with Crippen LogP contribution < -0.4 is 0 Å². The highest BCUT2D eigenvalue weighted by Crippen LogP contribution is 2.24. The van der Waals surface area contributed by atoms with Crippen LogP contribution in [0.2, 0.25) is 0 Å². The number of hydrogen-bond donors (Lipinski definition) is 0. The summed E-state index contributed by atoms with van der Waals surface area (Å²) in [6.07, 6.45) is 0. The molecule has 0 radical (unpaired) electrons. The Labute approximate surface area is 97.2 Å². The summed E-state index contributed by atoms with van der Waals surface area (Å²) in [4.78, 5) is 0. The lowest BCUT2D eigenvalue weighted by Crippen LogP contribution is -1.91. The lowest BCUT2D eigenvalue weighted by atomic mass is 10.2. The molecule has 4 heteroatoms. The molecule has 0 aliphatic rings. The number of nitrogens with zero attached hydrogens (tertiary/aromatic N) is 2. The van der Waals surface area contributed by atoms with Crippen LogP contribution in [0.25, 0.3) is 10.9 Å². The fraction of sp³-hybridized carbons (Fsp3) is 0.364. The topological polar surface area (TPSA) is 17.8 Å². The van der Waals surface area contributed by atoms with Gasteiger partial charge < -0.3 is 0 Å². The zero-order chi connectivity index (χ0) is 11.6. The fourth-order valence-electron chi connectivity index (χ4n) is 1.40. The maximum Gasteiger partial charge on any atom is 0.135 e. The van der Waals surface area contributed by atoms with E-state index in [1.54, 1.807) is 4.68 Å². The van der Waals surface area contributed by atoms with Gasteiger partial charge in [0, 0.05) is 17.2 Å². The summed E-state index contributed by atoms with van der Waals surface area (Å²) in [5.41, 5.74) is 1.53. The largest absolute Gasteiger partial charge is 0.272 e. The molecular weight excluding hydrogens is 259 g/mol. The molecule has 1 aromatic carbocycles. The Bertz CT molecular complexity index is 477. The van der Waals surface area contributed by atoms with Crippen molar-refractivity contribution in [2.75, 3.05) is 0 Å². The molecule has 2 nitrogen and oxygen atoms in total. The Balaban J connectivity index is 0.000000531. The van der Waals surface area contributed by atoms with Gasteiger partial charge in [0.2, 0.25) is 0 Å². The third-order valence-electron chi connectivity index (χ3n) is 2.14. The van der Waals surface area contributed by atoms with Crippen LogP contribution in [0.4, 0.5) is 4.39 Å². The van der Waals surface area contributed by atoms with Crippen LogP contribution in [-0.4, -0.2) is 9.78 Å². The van der Waals surface area contributed by atoms with Gasteiger partial charge >= 0.3 is 0 Å². The van der Waals surface area contributed by atoms with Crippen LogP contribution >= 0.6 is 15.9 Å². The summed E-state index contributed by atoms with van der Waals surface area (Å²) in [5, 5.41) is 4.78. The Morgan fingerprint density at radius 3 is 2.53 bits per heavy atom. The Kier molecular flexibility index (Phi) is 3.85. The van der Waals surface area contributed by atoms with E-state index in [4.69, 9.17) is 0 Å². The lowest BCUT2D eigenvalue weighted by molar-refractivity contribution is 0.637. The van der Waals surface area contributed by atoms with Gasteiger partial charge in [-0.15, -0.1) is 0 Å². The average Bonchev–Trinajstić information content (AvgIpc) is 2.45. The standard InChI is InChI=1S/C9H8BrFN2.C2H6/c1-5-9-7(11)3-6(10)4-8(9)12-13(5)2;1-2/h3-4H,1-2H3;1-2H3. The van der Waals surface area contributed by atoms with Crippen LogP contribution in [0.3, 0.4) is 0 Å². The van der Waals surface area contributed by atoms with E-state index in [0.29, 0.717) is 10.9 Å². The zero-order valence-electron chi connectivity index (χ0n) is 9.31. The van der Waals surface area contributed by atoms with Crippen LogP contribution in [0, 0.1) is 12.7 Å². The molecule has 0 saturated carbocycles. The Morgan fingerprint density at radius 1 is 1.33 bits per heavy atom. The lowest BCUT2D eigenvalue weighted by Gasteiger charge is -1.94. The first-order valence-corrected chi connectivity index (χ1v) is 5.67. The number of benzene rings is 1. The molecule has 2 aromatic rings. The van der Waals surface area contributed by atoms with Gasteiger partial charge in [-0.1, -0.05) is 29.8 Å². The number of rotatable bonds is 0. The predicted molar refractivity (Wildman–Crippen MR) is 64.5 cm³/mol. The van der Waals surface area contributed by atoms with Crippen molar-refractivity contribution >= 4 is 26.8 Å². The number of hydrogen-bond acceptors (Lipinski definition) is 1. The maximum absolute atomic E-state index is 13.4. The van der Waals surface area contributed by atoms with Gasteiger partial charge in [0.05, 0.1) is 10.9 Å². The molecule has 0 N–H and O–H groups in total. The molecule has 15 heavy (non-hydrogen) atoms. The average molecular weight is 273 g/mol. The van der Waals surface area contributed by atoms with Crippen molar-refractivity contribution in [2.24, 2.45) is 7.05 Å². The predicted octanol–water partition coefficient (Wildman–Crippen LogP) is 3.81. The van der Waals surface area contributed by atoms with Gasteiger partial charge in [-0.05, 0) is 19.1 Å². The molecule has 0 saturated heterocycles. The second kappa shape index (κ2) is 4.75. The van der Waals surface area contributed by atoms with Crippen LogP contribution in [0.15, 0.2) is 16.6 Å².